The van der Waals surface area contributed by atoms with Crippen molar-refractivity contribution in [3.63, 3.8) is 0 Å². The van der Waals surface area contributed by atoms with Crippen molar-refractivity contribution >= 4 is 5.91 Å². The molecule has 6 nitrogen and oxygen atoms in total. The van der Waals surface area contributed by atoms with Crippen LogP contribution in [0, 0.1) is 0 Å². The number of nitrogens with one attached hydrogen (secondary N) is 1. The number of carbonyl (C=O) groups is 1. The molecule has 1 aromatic heterocycles. The van der Waals surface area contributed by atoms with Gasteiger partial charge >= 0.3 is 0 Å². The van der Waals surface area contributed by atoms with E-state index in [9.17, 15) is 4.79 Å². The largest absolute Gasteiger partial charge is 0.492 e. The molecule has 1 N–H and O–H groups in total. The molecule has 1 aliphatic heterocycles. The average molecular weight is 343 g/mol. The van der Waals surface area contributed by atoms with Crippen molar-refractivity contribution in [2.45, 2.75) is 32.3 Å². The Kier molecular flexibility index (Phi) is 6.06. The fourth-order valence-electron chi connectivity index (χ4n) is 2.91. The molecule has 1 fully saturated rings. The maximum atomic E-state index is 12.8. The van der Waals surface area contributed by atoms with Crippen LogP contribution in [0.2, 0.25) is 0 Å². The lowest BCUT2D eigenvalue weighted by Crippen LogP contribution is -2.40. The van der Waals surface area contributed by atoms with Crippen LogP contribution in [-0.4, -0.2) is 53.4 Å². The van der Waals surface area contributed by atoms with E-state index in [-0.39, 0.29) is 12.0 Å². The topological polar surface area (TPSA) is 67.5 Å². The summed E-state index contributed by atoms with van der Waals surface area (Å²) >= 11 is 0. The summed E-state index contributed by atoms with van der Waals surface area (Å²) in [6, 6.07) is 11.5. The van der Waals surface area contributed by atoms with E-state index < -0.39 is 0 Å². The summed E-state index contributed by atoms with van der Waals surface area (Å²) in [5.74, 6) is 0.725. The molecule has 0 saturated carbocycles. The third-order valence-electron chi connectivity index (χ3n) is 4.34. The molecule has 6 heteroatoms. The van der Waals surface area contributed by atoms with Crippen LogP contribution < -0.4 is 4.74 Å². The van der Waals surface area contributed by atoms with Crippen LogP contribution in [-0.2, 0) is 11.2 Å². The summed E-state index contributed by atoms with van der Waals surface area (Å²) in [6.45, 7) is 4.32. The summed E-state index contributed by atoms with van der Waals surface area (Å²) in [5, 5.41) is 7.06. The molecule has 2 heterocycles. The lowest BCUT2D eigenvalue weighted by atomic mass is 10.2. The van der Waals surface area contributed by atoms with E-state index in [1.807, 2.05) is 43.3 Å². The Hall–Kier alpha value is -2.34. The van der Waals surface area contributed by atoms with Crippen molar-refractivity contribution in [2.75, 3.05) is 26.3 Å². The van der Waals surface area contributed by atoms with Gasteiger partial charge in [0.1, 0.15) is 18.1 Å². The summed E-state index contributed by atoms with van der Waals surface area (Å²) in [4.78, 5) is 14.6. The number of amides is 1. The maximum Gasteiger partial charge on any atom is 0.274 e. The number of aromatic amines is 1. The highest BCUT2D eigenvalue weighted by Gasteiger charge is 2.24. The number of nitrogens with zero attached hydrogens (tertiary/aromatic N) is 2. The quantitative estimate of drug-likeness (QED) is 0.800. The fraction of sp³-hybridized carbons (Fsp3) is 0.474. The van der Waals surface area contributed by atoms with Crippen molar-refractivity contribution < 1.29 is 14.3 Å². The molecular weight excluding hydrogens is 318 g/mol. The molecule has 134 valence electrons. The first kappa shape index (κ1) is 17.5. The molecule has 2 aromatic rings. The van der Waals surface area contributed by atoms with E-state index in [4.69, 9.17) is 9.47 Å². The Morgan fingerprint density at radius 2 is 2.24 bits per heavy atom. The maximum absolute atomic E-state index is 12.8. The zero-order valence-electron chi connectivity index (χ0n) is 14.6. The van der Waals surface area contributed by atoms with Gasteiger partial charge in [-0.05, 0) is 37.5 Å². The molecule has 1 saturated heterocycles. The second-order valence-electron chi connectivity index (χ2n) is 6.18. The van der Waals surface area contributed by atoms with Gasteiger partial charge in [0.2, 0.25) is 0 Å². The number of aryl methyl sites for hydroxylation is 1. The Balaban J connectivity index is 1.62. The molecule has 1 aromatic carbocycles. The molecule has 0 spiro atoms. The number of hydrogen-bond acceptors (Lipinski definition) is 4. The molecule has 1 aliphatic rings. The highest BCUT2D eigenvalue weighted by Crippen LogP contribution is 2.15. The molecule has 0 radical (unpaired) electrons. The van der Waals surface area contributed by atoms with Crippen LogP contribution >= 0.6 is 0 Å². The third kappa shape index (κ3) is 4.82. The standard InChI is InChI=1S/C19H25N3O3/c1-2-15-13-18(21-20-15)19(23)22(14-17-9-6-11-24-17)10-12-25-16-7-4-3-5-8-16/h3-5,7-8,13,17H,2,6,9-12,14H2,1H3,(H,20,21)/t17-/m0/s1. The van der Waals surface area contributed by atoms with E-state index >= 15 is 0 Å². The molecule has 3 rings (SSSR count). The predicted molar refractivity (Wildman–Crippen MR) is 94.8 cm³/mol. The van der Waals surface area contributed by atoms with Crippen molar-refractivity contribution in [3.05, 3.63) is 47.8 Å². The number of carbonyl (C=O) groups excluding carboxylic acids is 1. The van der Waals surface area contributed by atoms with Gasteiger partial charge in [-0.3, -0.25) is 9.89 Å². The number of H-pyrrole nitrogens is 1. The highest BCUT2D eigenvalue weighted by molar-refractivity contribution is 5.92. The van der Waals surface area contributed by atoms with Gasteiger partial charge in [0.05, 0.1) is 12.6 Å². The first-order valence-corrected chi connectivity index (χ1v) is 8.89. The highest BCUT2D eigenvalue weighted by atomic mass is 16.5. The van der Waals surface area contributed by atoms with Gasteiger partial charge in [-0.15, -0.1) is 0 Å². The van der Waals surface area contributed by atoms with Gasteiger partial charge in [-0.2, -0.15) is 5.10 Å². The van der Waals surface area contributed by atoms with Crippen LogP contribution in [0.15, 0.2) is 36.4 Å². The van der Waals surface area contributed by atoms with Crippen molar-refractivity contribution in [1.29, 1.82) is 0 Å². The minimum Gasteiger partial charge on any atom is -0.492 e. The van der Waals surface area contributed by atoms with Crippen molar-refractivity contribution in [2.24, 2.45) is 0 Å². The minimum absolute atomic E-state index is 0.0805. The van der Waals surface area contributed by atoms with Crippen LogP contribution in [0.5, 0.6) is 5.75 Å². The number of rotatable bonds is 8. The van der Waals surface area contributed by atoms with E-state index in [0.717, 1.165) is 37.3 Å². The molecule has 1 amide bonds. The Bertz CT molecular complexity index is 666. The SMILES string of the molecule is CCc1cc(C(=O)N(CCOc2ccccc2)C[C@@H]2CCCO2)n[nH]1. The lowest BCUT2D eigenvalue weighted by Gasteiger charge is -2.24. The molecule has 0 unspecified atom stereocenters. The van der Waals surface area contributed by atoms with Gasteiger partial charge in [0.15, 0.2) is 0 Å². The smallest absolute Gasteiger partial charge is 0.274 e. The Morgan fingerprint density at radius 3 is 2.92 bits per heavy atom. The van der Waals surface area contributed by atoms with Gasteiger partial charge < -0.3 is 14.4 Å². The molecule has 0 aliphatic carbocycles. The zero-order chi connectivity index (χ0) is 17.5. The second kappa shape index (κ2) is 8.67. The van der Waals surface area contributed by atoms with E-state index in [0.29, 0.717) is 25.4 Å². The number of para-hydroxylation sites is 1. The van der Waals surface area contributed by atoms with Crippen LogP contribution in [0.1, 0.15) is 35.9 Å². The second-order valence-corrected chi connectivity index (χ2v) is 6.18. The van der Waals surface area contributed by atoms with Crippen molar-refractivity contribution in [3.8, 4) is 5.75 Å². The Morgan fingerprint density at radius 1 is 1.40 bits per heavy atom. The van der Waals surface area contributed by atoms with Gasteiger partial charge in [0.25, 0.3) is 5.91 Å². The molecule has 1 atom stereocenters. The van der Waals surface area contributed by atoms with Gasteiger partial charge in [-0.1, -0.05) is 25.1 Å². The van der Waals surface area contributed by atoms with E-state index in [1.54, 1.807) is 4.90 Å². The first-order valence-electron chi connectivity index (χ1n) is 8.89. The Labute approximate surface area is 148 Å². The number of benzene rings is 1. The summed E-state index contributed by atoms with van der Waals surface area (Å²) in [5.41, 5.74) is 1.41. The monoisotopic (exact) mass is 343 g/mol. The van der Waals surface area contributed by atoms with E-state index in [2.05, 4.69) is 10.2 Å². The van der Waals surface area contributed by atoms with Crippen molar-refractivity contribution in [1.82, 2.24) is 15.1 Å². The molecule has 0 bridgehead atoms. The summed E-state index contributed by atoms with van der Waals surface area (Å²) < 4.78 is 11.4. The molecule has 25 heavy (non-hydrogen) atoms. The normalized spacial score (nSPS) is 16.8. The number of aromatic nitrogens is 2. The van der Waals surface area contributed by atoms with Gasteiger partial charge in [-0.25, -0.2) is 0 Å². The number of hydrogen-bond donors (Lipinski definition) is 1. The predicted octanol–water partition coefficient (Wildman–Crippen LogP) is 2.67. The molecular formula is C19H25N3O3. The van der Waals surface area contributed by atoms with Crippen LogP contribution in [0.25, 0.3) is 0 Å². The average Bonchev–Trinajstić information content (AvgIpc) is 3.33. The van der Waals surface area contributed by atoms with E-state index in [1.165, 1.54) is 0 Å². The van der Waals surface area contributed by atoms with Gasteiger partial charge in [0, 0.05) is 18.8 Å². The third-order valence-corrected chi connectivity index (χ3v) is 4.34. The minimum atomic E-state index is -0.0805. The fourth-order valence-corrected chi connectivity index (χ4v) is 2.91. The van der Waals surface area contributed by atoms with Crippen LogP contribution in [0.3, 0.4) is 0 Å². The lowest BCUT2D eigenvalue weighted by molar-refractivity contribution is 0.0489. The zero-order valence-corrected chi connectivity index (χ0v) is 14.6. The number of ether oxygens (including phenoxy) is 2. The van der Waals surface area contributed by atoms with Crippen LogP contribution in [0.4, 0.5) is 0 Å². The summed E-state index contributed by atoms with van der Waals surface area (Å²) in [6.07, 6.45) is 2.97. The first-order chi connectivity index (χ1) is 12.3. The summed E-state index contributed by atoms with van der Waals surface area (Å²) in [7, 11) is 0.